The lowest BCUT2D eigenvalue weighted by Gasteiger charge is -2.25. The van der Waals surface area contributed by atoms with Crippen molar-refractivity contribution < 1.29 is 9.18 Å². The molecule has 1 heterocycles. The summed E-state index contributed by atoms with van der Waals surface area (Å²) in [5, 5.41) is 0. The minimum Gasteiger partial charge on any atom is -0.331 e. The SMILES string of the molecule is Cc1ccc(F)cc1C(=O)N(Cc1nc2ccccc2n1-c1ccccc1)CC(C)C. The number of rotatable bonds is 6. The smallest absolute Gasteiger partial charge is 0.254 e. The fraction of sp³-hybridized carbons (Fsp3) is 0.231. The standard InChI is InChI=1S/C26H26FN3O/c1-18(2)16-29(26(31)22-15-20(27)14-13-19(22)3)17-25-28-23-11-7-8-12-24(23)30(25)21-9-5-4-6-10-21/h4-15,18H,16-17H2,1-3H3. The molecule has 1 amide bonds. The van der Waals surface area contributed by atoms with Crippen LogP contribution in [0.2, 0.25) is 0 Å². The van der Waals surface area contributed by atoms with E-state index in [9.17, 15) is 9.18 Å². The van der Waals surface area contributed by atoms with Crippen LogP contribution in [0.25, 0.3) is 16.7 Å². The second-order valence-corrected chi connectivity index (χ2v) is 8.23. The molecule has 4 nitrogen and oxygen atoms in total. The highest BCUT2D eigenvalue weighted by Crippen LogP contribution is 2.24. The van der Waals surface area contributed by atoms with Crippen LogP contribution in [0.15, 0.2) is 72.8 Å². The third-order valence-electron chi connectivity index (χ3n) is 5.28. The second-order valence-electron chi connectivity index (χ2n) is 8.23. The second kappa shape index (κ2) is 8.72. The molecule has 4 rings (SSSR count). The molecule has 31 heavy (non-hydrogen) atoms. The van der Waals surface area contributed by atoms with Gasteiger partial charge in [-0.1, -0.05) is 50.2 Å². The number of aromatic nitrogens is 2. The van der Waals surface area contributed by atoms with Crippen LogP contribution in [-0.2, 0) is 6.54 Å². The normalized spacial score (nSPS) is 11.3. The molecule has 0 aliphatic rings. The predicted molar refractivity (Wildman–Crippen MR) is 122 cm³/mol. The molecule has 0 fully saturated rings. The Hall–Kier alpha value is -3.47. The van der Waals surface area contributed by atoms with Gasteiger partial charge in [-0.2, -0.15) is 0 Å². The van der Waals surface area contributed by atoms with Crippen molar-refractivity contribution in [3.8, 4) is 5.69 Å². The van der Waals surface area contributed by atoms with Gasteiger partial charge in [-0.05, 0) is 54.8 Å². The highest BCUT2D eigenvalue weighted by Gasteiger charge is 2.23. The monoisotopic (exact) mass is 415 g/mol. The van der Waals surface area contributed by atoms with Crippen molar-refractivity contribution in [1.29, 1.82) is 0 Å². The molecule has 0 radical (unpaired) electrons. The number of carbonyl (C=O) groups excluding carboxylic acids is 1. The molecule has 0 atom stereocenters. The molecule has 0 saturated heterocycles. The van der Waals surface area contributed by atoms with Crippen LogP contribution in [0.4, 0.5) is 4.39 Å². The first kappa shape index (κ1) is 20.8. The number of imidazole rings is 1. The third-order valence-corrected chi connectivity index (χ3v) is 5.28. The molecular weight excluding hydrogens is 389 g/mol. The number of benzene rings is 3. The summed E-state index contributed by atoms with van der Waals surface area (Å²) < 4.78 is 16.0. The molecule has 4 aromatic rings. The number of nitrogens with zero attached hydrogens (tertiary/aromatic N) is 3. The maximum Gasteiger partial charge on any atom is 0.254 e. The minimum atomic E-state index is -0.407. The molecule has 0 unspecified atom stereocenters. The van der Waals surface area contributed by atoms with Gasteiger partial charge >= 0.3 is 0 Å². The summed E-state index contributed by atoms with van der Waals surface area (Å²) in [6.07, 6.45) is 0. The Kier molecular flexibility index (Phi) is 5.85. The number of halogens is 1. The Labute approximate surface area is 182 Å². The quantitative estimate of drug-likeness (QED) is 0.401. The van der Waals surface area contributed by atoms with E-state index < -0.39 is 5.82 Å². The predicted octanol–water partition coefficient (Wildman–Crippen LogP) is 5.77. The van der Waals surface area contributed by atoms with Crippen molar-refractivity contribution >= 4 is 16.9 Å². The lowest BCUT2D eigenvalue weighted by atomic mass is 10.1. The molecular formula is C26H26FN3O. The van der Waals surface area contributed by atoms with Crippen LogP contribution < -0.4 is 0 Å². The van der Waals surface area contributed by atoms with Gasteiger partial charge in [0.15, 0.2) is 0 Å². The summed E-state index contributed by atoms with van der Waals surface area (Å²) in [4.78, 5) is 20.1. The van der Waals surface area contributed by atoms with Gasteiger partial charge in [0.2, 0.25) is 0 Å². The summed E-state index contributed by atoms with van der Waals surface area (Å²) in [6.45, 7) is 6.85. The van der Waals surface area contributed by atoms with E-state index in [0.29, 0.717) is 18.7 Å². The van der Waals surface area contributed by atoms with Crippen molar-refractivity contribution in [3.63, 3.8) is 0 Å². The maximum atomic E-state index is 13.9. The van der Waals surface area contributed by atoms with Crippen LogP contribution in [0.3, 0.4) is 0 Å². The Morgan fingerprint density at radius 2 is 1.74 bits per heavy atom. The number of aryl methyl sites for hydroxylation is 1. The Bertz CT molecular complexity index is 1210. The lowest BCUT2D eigenvalue weighted by Crippen LogP contribution is -2.35. The average Bonchev–Trinajstić information content (AvgIpc) is 3.12. The zero-order valence-electron chi connectivity index (χ0n) is 18.0. The minimum absolute atomic E-state index is 0.183. The van der Waals surface area contributed by atoms with Gasteiger partial charge in [0.1, 0.15) is 11.6 Å². The van der Waals surface area contributed by atoms with Gasteiger partial charge in [0, 0.05) is 17.8 Å². The molecule has 0 aliphatic heterocycles. The van der Waals surface area contributed by atoms with E-state index in [0.717, 1.165) is 28.1 Å². The lowest BCUT2D eigenvalue weighted by molar-refractivity contribution is 0.0716. The van der Waals surface area contributed by atoms with Crippen LogP contribution in [0, 0.1) is 18.7 Å². The zero-order valence-corrected chi connectivity index (χ0v) is 18.0. The Morgan fingerprint density at radius 3 is 2.48 bits per heavy atom. The molecule has 5 heteroatoms. The molecule has 3 aromatic carbocycles. The number of fused-ring (bicyclic) bond motifs is 1. The number of para-hydroxylation sites is 3. The Morgan fingerprint density at radius 1 is 1.03 bits per heavy atom. The van der Waals surface area contributed by atoms with Gasteiger partial charge in [-0.25, -0.2) is 9.37 Å². The van der Waals surface area contributed by atoms with Crippen molar-refractivity contribution in [1.82, 2.24) is 14.5 Å². The van der Waals surface area contributed by atoms with Crippen LogP contribution in [-0.4, -0.2) is 26.9 Å². The number of amides is 1. The van der Waals surface area contributed by atoms with Crippen molar-refractivity contribution in [2.45, 2.75) is 27.3 Å². The summed E-state index contributed by atoms with van der Waals surface area (Å²) in [7, 11) is 0. The molecule has 0 spiro atoms. The van der Waals surface area contributed by atoms with Gasteiger partial charge in [0.05, 0.1) is 17.6 Å². The molecule has 158 valence electrons. The highest BCUT2D eigenvalue weighted by atomic mass is 19.1. The molecule has 1 aromatic heterocycles. The molecule has 0 saturated carbocycles. The van der Waals surface area contributed by atoms with E-state index in [-0.39, 0.29) is 11.8 Å². The molecule has 0 N–H and O–H groups in total. The van der Waals surface area contributed by atoms with E-state index in [1.54, 1.807) is 11.0 Å². The number of carbonyl (C=O) groups is 1. The summed E-state index contributed by atoms with van der Waals surface area (Å²) >= 11 is 0. The van der Waals surface area contributed by atoms with Gasteiger partial charge in [-0.15, -0.1) is 0 Å². The summed E-state index contributed by atoms with van der Waals surface area (Å²) in [6, 6.07) is 22.3. The highest BCUT2D eigenvalue weighted by molar-refractivity contribution is 5.95. The first-order valence-electron chi connectivity index (χ1n) is 10.5. The Balaban J connectivity index is 1.79. The van der Waals surface area contributed by atoms with E-state index in [2.05, 4.69) is 18.4 Å². The van der Waals surface area contributed by atoms with Gasteiger partial charge in [-0.3, -0.25) is 9.36 Å². The van der Waals surface area contributed by atoms with Crippen LogP contribution in [0.5, 0.6) is 0 Å². The summed E-state index contributed by atoms with van der Waals surface area (Å²) in [5.41, 5.74) is 4.01. The van der Waals surface area contributed by atoms with Crippen LogP contribution >= 0.6 is 0 Å². The van der Waals surface area contributed by atoms with Crippen molar-refractivity contribution in [3.05, 3.63) is 95.6 Å². The topological polar surface area (TPSA) is 38.1 Å². The summed E-state index contributed by atoms with van der Waals surface area (Å²) in [5.74, 6) is 0.440. The largest absolute Gasteiger partial charge is 0.331 e. The van der Waals surface area contributed by atoms with Crippen molar-refractivity contribution in [2.24, 2.45) is 5.92 Å². The van der Waals surface area contributed by atoms with E-state index in [1.807, 2.05) is 61.5 Å². The number of hydrogen-bond donors (Lipinski definition) is 0. The maximum absolute atomic E-state index is 13.9. The first-order chi connectivity index (χ1) is 14.9. The zero-order chi connectivity index (χ0) is 22.0. The molecule has 0 aliphatic carbocycles. The van der Waals surface area contributed by atoms with E-state index in [4.69, 9.17) is 4.98 Å². The molecule has 0 bridgehead atoms. The van der Waals surface area contributed by atoms with Crippen molar-refractivity contribution in [2.75, 3.05) is 6.54 Å². The van der Waals surface area contributed by atoms with E-state index in [1.165, 1.54) is 12.1 Å². The fourth-order valence-electron chi connectivity index (χ4n) is 3.87. The number of hydrogen-bond acceptors (Lipinski definition) is 2. The van der Waals surface area contributed by atoms with Gasteiger partial charge < -0.3 is 4.90 Å². The van der Waals surface area contributed by atoms with E-state index >= 15 is 0 Å². The average molecular weight is 416 g/mol. The van der Waals surface area contributed by atoms with Gasteiger partial charge in [0.25, 0.3) is 5.91 Å². The van der Waals surface area contributed by atoms with Crippen LogP contribution in [0.1, 0.15) is 35.6 Å². The first-order valence-corrected chi connectivity index (χ1v) is 10.5. The fourth-order valence-corrected chi connectivity index (χ4v) is 3.87. The third kappa shape index (κ3) is 4.36.